The molecule has 0 fully saturated rings. The van der Waals surface area contributed by atoms with Crippen molar-refractivity contribution in [3.05, 3.63) is 223 Å². The summed E-state index contributed by atoms with van der Waals surface area (Å²) in [4.78, 5) is 12.3. The number of anilines is 3. The Morgan fingerprint density at radius 1 is 0.345 bits per heavy atom. The summed E-state index contributed by atoms with van der Waals surface area (Å²) in [5.41, 5.74) is 20.0. The Morgan fingerprint density at radius 2 is 0.914 bits per heavy atom. The predicted molar refractivity (Wildman–Crippen MR) is 244 cm³/mol. The molecule has 0 radical (unpaired) electrons. The van der Waals surface area contributed by atoms with Gasteiger partial charge in [0, 0.05) is 40.5 Å². The van der Waals surface area contributed by atoms with E-state index in [0.29, 0.717) is 0 Å². The van der Waals surface area contributed by atoms with Gasteiger partial charge in [0.1, 0.15) is 0 Å². The fraction of sp³-hybridized carbons (Fsp3) is 0.0545. The van der Waals surface area contributed by atoms with Crippen molar-refractivity contribution in [2.24, 2.45) is 0 Å². The third kappa shape index (κ3) is 7.46. The maximum Gasteiger partial charge on any atom is 0.0709 e. The lowest BCUT2D eigenvalue weighted by atomic mass is 9.94. The molecular formula is C55H43N3. The molecule has 0 aliphatic rings. The van der Waals surface area contributed by atoms with Gasteiger partial charge in [-0.1, -0.05) is 145 Å². The lowest BCUT2D eigenvalue weighted by Crippen LogP contribution is -2.13. The van der Waals surface area contributed by atoms with Gasteiger partial charge in [0.25, 0.3) is 0 Å². The zero-order valence-corrected chi connectivity index (χ0v) is 33.0. The fourth-order valence-electron chi connectivity index (χ4n) is 7.99. The number of nitrogens with zero attached hydrogens (tertiary/aromatic N) is 3. The second-order valence-electron chi connectivity index (χ2n) is 14.9. The third-order valence-electron chi connectivity index (χ3n) is 10.8. The molecule has 0 amide bonds. The predicted octanol–water partition coefficient (Wildman–Crippen LogP) is 14.9. The summed E-state index contributed by atoms with van der Waals surface area (Å²) in [5.74, 6) is 0. The normalized spacial score (nSPS) is 11.0. The van der Waals surface area contributed by atoms with Gasteiger partial charge in [0.2, 0.25) is 0 Å². The van der Waals surface area contributed by atoms with Crippen molar-refractivity contribution in [1.29, 1.82) is 0 Å². The molecule has 0 aliphatic heterocycles. The Labute approximate surface area is 341 Å². The molecule has 0 N–H and O–H groups in total. The number of hydrogen-bond acceptors (Lipinski definition) is 3. The van der Waals surface area contributed by atoms with Crippen LogP contribution in [0, 0.1) is 20.8 Å². The molecular weight excluding hydrogens is 703 g/mol. The third-order valence-corrected chi connectivity index (χ3v) is 10.8. The zero-order chi connectivity index (χ0) is 39.4. The molecule has 0 spiro atoms. The van der Waals surface area contributed by atoms with Crippen molar-refractivity contribution in [3.63, 3.8) is 0 Å². The van der Waals surface area contributed by atoms with E-state index in [1.165, 1.54) is 27.8 Å². The van der Waals surface area contributed by atoms with Gasteiger partial charge >= 0.3 is 0 Å². The summed E-state index contributed by atoms with van der Waals surface area (Å²) in [6, 6.07) is 69.3. The first-order valence-electron chi connectivity index (χ1n) is 19.8. The Morgan fingerprint density at radius 3 is 1.60 bits per heavy atom. The summed E-state index contributed by atoms with van der Waals surface area (Å²) in [5, 5.41) is 0. The number of aromatic nitrogens is 2. The molecule has 3 heteroatoms. The van der Waals surface area contributed by atoms with E-state index >= 15 is 0 Å². The average molecular weight is 746 g/mol. The van der Waals surface area contributed by atoms with Crippen LogP contribution in [-0.2, 0) is 0 Å². The van der Waals surface area contributed by atoms with E-state index in [9.17, 15) is 0 Å². The molecule has 7 aromatic carbocycles. The van der Waals surface area contributed by atoms with E-state index in [4.69, 9.17) is 9.97 Å². The Kier molecular flexibility index (Phi) is 10.0. The molecule has 2 heterocycles. The topological polar surface area (TPSA) is 29.0 Å². The fourth-order valence-corrected chi connectivity index (χ4v) is 7.99. The number of pyridine rings is 2. The minimum Gasteiger partial charge on any atom is -0.310 e. The second kappa shape index (κ2) is 16.0. The van der Waals surface area contributed by atoms with Gasteiger partial charge in [-0.25, -0.2) is 0 Å². The van der Waals surface area contributed by atoms with Crippen LogP contribution in [0.5, 0.6) is 0 Å². The molecule has 9 aromatic rings. The van der Waals surface area contributed by atoms with E-state index in [-0.39, 0.29) is 0 Å². The summed E-state index contributed by atoms with van der Waals surface area (Å²) in [6.07, 6.45) is 3.86. The summed E-state index contributed by atoms with van der Waals surface area (Å²) in [7, 11) is 0. The molecule has 9 rings (SSSR count). The van der Waals surface area contributed by atoms with Crippen LogP contribution >= 0.6 is 0 Å². The van der Waals surface area contributed by atoms with E-state index in [1.807, 2.05) is 24.5 Å². The maximum atomic E-state index is 5.10. The van der Waals surface area contributed by atoms with Crippen molar-refractivity contribution in [2.75, 3.05) is 4.90 Å². The largest absolute Gasteiger partial charge is 0.310 e. The number of aryl methyl sites for hydroxylation is 3. The van der Waals surface area contributed by atoms with E-state index in [1.54, 1.807) is 0 Å². The van der Waals surface area contributed by atoms with Crippen molar-refractivity contribution >= 4 is 17.1 Å². The van der Waals surface area contributed by atoms with Crippen molar-refractivity contribution < 1.29 is 0 Å². The lowest BCUT2D eigenvalue weighted by Gasteiger charge is -2.31. The van der Waals surface area contributed by atoms with Gasteiger partial charge in [-0.2, -0.15) is 0 Å². The molecule has 58 heavy (non-hydrogen) atoms. The second-order valence-corrected chi connectivity index (χ2v) is 14.9. The molecule has 278 valence electrons. The van der Waals surface area contributed by atoms with Crippen LogP contribution in [0.3, 0.4) is 0 Å². The highest BCUT2D eigenvalue weighted by Crippen LogP contribution is 2.46. The van der Waals surface area contributed by atoms with Gasteiger partial charge < -0.3 is 4.90 Å². The lowest BCUT2D eigenvalue weighted by molar-refractivity contribution is 1.23. The maximum absolute atomic E-state index is 5.10. The van der Waals surface area contributed by atoms with Crippen LogP contribution in [-0.4, -0.2) is 9.97 Å². The Bertz CT molecular complexity index is 2830. The Hall–Kier alpha value is -7.36. The van der Waals surface area contributed by atoms with Crippen LogP contribution in [0.25, 0.3) is 67.0 Å². The first-order valence-corrected chi connectivity index (χ1v) is 19.8. The first-order chi connectivity index (χ1) is 28.5. The molecule has 0 saturated carbocycles. The molecule has 0 aliphatic carbocycles. The highest BCUT2D eigenvalue weighted by molar-refractivity contribution is 5.93. The highest BCUT2D eigenvalue weighted by Gasteiger charge is 2.23. The van der Waals surface area contributed by atoms with Crippen molar-refractivity contribution in [3.8, 4) is 67.0 Å². The van der Waals surface area contributed by atoms with Gasteiger partial charge in [-0.15, -0.1) is 0 Å². The summed E-state index contributed by atoms with van der Waals surface area (Å²) in [6.45, 7) is 6.55. The Balaban J connectivity index is 1.26. The van der Waals surface area contributed by atoms with Crippen LogP contribution in [0.2, 0.25) is 0 Å². The molecule has 0 saturated heterocycles. The number of benzene rings is 7. The first kappa shape index (κ1) is 36.3. The summed E-state index contributed by atoms with van der Waals surface area (Å²) < 4.78 is 0. The van der Waals surface area contributed by atoms with Crippen LogP contribution in [0.4, 0.5) is 17.1 Å². The number of hydrogen-bond donors (Lipinski definition) is 0. The molecule has 2 aromatic heterocycles. The highest BCUT2D eigenvalue weighted by atomic mass is 15.1. The minimum atomic E-state index is 0.915. The van der Waals surface area contributed by atoms with E-state index < -0.39 is 0 Å². The molecule has 0 bridgehead atoms. The van der Waals surface area contributed by atoms with Crippen molar-refractivity contribution in [1.82, 2.24) is 9.97 Å². The van der Waals surface area contributed by atoms with Crippen molar-refractivity contribution in [2.45, 2.75) is 20.8 Å². The SMILES string of the molecule is Cc1cc(C)c(N(c2cccc(-c3ccccn3)c2)c2cc(-c3ccccc3)cc(-c3cc(-c4ccc(-c5ccccc5)cc4)c(C)cn3)c2)c(-c2ccccc2)c1. The smallest absolute Gasteiger partial charge is 0.0709 e. The summed E-state index contributed by atoms with van der Waals surface area (Å²) >= 11 is 0. The van der Waals surface area contributed by atoms with Crippen LogP contribution in [0.15, 0.2) is 207 Å². The number of rotatable bonds is 9. The minimum absolute atomic E-state index is 0.915. The molecule has 0 unspecified atom stereocenters. The standard InChI is InChI=1S/C55H43N3/c1-38-30-39(2)55(52(31-38)44-20-11-6-12-21-44)58(49-23-15-22-46(33-49)53-24-13-14-29-56-53)50-34-47(42-18-9-5-10-19-42)32-48(35-50)54-36-51(40(3)37-57-54)45-27-25-43(26-28-45)41-16-7-4-8-17-41/h4-37H,1-3H3. The van der Waals surface area contributed by atoms with Gasteiger partial charge in [0.15, 0.2) is 0 Å². The molecule has 3 nitrogen and oxygen atoms in total. The zero-order valence-electron chi connectivity index (χ0n) is 33.0. The quantitative estimate of drug-likeness (QED) is 0.147. The van der Waals surface area contributed by atoms with Gasteiger partial charge in [-0.05, 0) is 125 Å². The van der Waals surface area contributed by atoms with Gasteiger partial charge in [0.05, 0.1) is 17.1 Å². The van der Waals surface area contributed by atoms with E-state index in [0.717, 1.165) is 73.0 Å². The molecule has 0 atom stereocenters. The van der Waals surface area contributed by atoms with Crippen LogP contribution in [0.1, 0.15) is 16.7 Å². The van der Waals surface area contributed by atoms with E-state index in [2.05, 4.69) is 208 Å². The van der Waals surface area contributed by atoms with Gasteiger partial charge in [-0.3, -0.25) is 9.97 Å². The van der Waals surface area contributed by atoms with Crippen LogP contribution < -0.4 is 4.90 Å². The average Bonchev–Trinajstić information content (AvgIpc) is 3.28. The monoisotopic (exact) mass is 745 g/mol.